The second kappa shape index (κ2) is 9.85. The molecule has 1 aliphatic heterocycles. The Balaban J connectivity index is 0.00000338. The molecule has 0 saturated carbocycles. The third kappa shape index (κ3) is 6.67. The molecule has 1 atom stereocenters. The van der Waals surface area contributed by atoms with Crippen LogP contribution in [0.1, 0.15) is 18.9 Å². The zero-order valence-corrected chi connectivity index (χ0v) is 18.7. The van der Waals surface area contributed by atoms with Crippen LogP contribution in [0.15, 0.2) is 34.2 Å². The van der Waals surface area contributed by atoms with E-state index in [4.69, 9.17) is 0 Å². The van der Waals surface area contributed by atoms with Crippen LogP contribution in [0.25, 0.3) is 0 Å². The van der Waals surface area contributed by atoms with Gasteiger partial charge in [-0.2, -0.15) is 0 Å². The monoisotopic (exact) mass is 516 g/mol. The highest BCUT2D eigenvalue weighted by molar-refractivity contribution is 14.0. The Bertz CT molecular complexity index is 824. The van der Waals surface area contributed by atoms with Gasteiger partial charge >= 0.3 is 0 Å². The summed E-state index contributed by atoms with van der Waals surface area (Å²) in [6.45, 7) is 2.94. The van der Waals surface area contributed by atoms with Gasteiger partial charge in [-0.15, -0.1) is 24.0 Å². The molecule has 0 aromatic heterocycles. The number of aliphatic imine (C=N–C) groups is 1. The van der Waals surface area contributed by atoms with Gasteiger partial charge in [0.05, 0.1) is 22.9 Å². The summed E-state index contributed by atoms with van der Waals surface area (Å²) in [6, 6.07) is 6.33. The first-order valence-corrected chi connectivity index (χ1v) is 11.3. The van der Waals surface area contributed by atoms with E-state index in [0.29, 0.717) is 25.5 Å². The van der Waals surface area contributed by atoms with Gasteiger partial charge in [0.1, 0.15) is 0 Å². The first-order valence-electron chi connectivity index (χ1n) is 8.03. The lowest BCUT2D eigenvalue weighted by atomic mass is 10.2. The lowest BCUT2D eigenvalue weighted by Crippen LogP contribution is -2.44. The molecule has 1 unspecified atom stereocenters. The number of sulfonamides is 1. The van der Waals surface area contributed by atoms with Crippen LogP contribution in [0.3, 0.4) is 0 Å². The number of guanidine groups is 1. The number of hydrogen-bond acceptors (Lipinski definition) is 5. The number of halogens is 1. The molecule has 8 nitrogen and oxygen atoms in total. The van der Waals surface area contributed by atoms with Gasteiger partial charge in [-0.25, -0.2) is 26.6 Å². The minimum Gasteiger partial charge on any atom is -0.357 e. The van der Waals surface area contributed by atoms with Gasteiger partial charge in [-0.3, -0.25) is 0 Å². The Morgan fingerprint density at radius 1 is 1.27 bits per heavy atom. The summed E-state index contributed by atoms with van der Waals surface area (Å²) in [5.74, 6) is 0.871. The van der Waals surface area contributed by atoms with Crippen molar-refractivity contribution in [1.82, 2.24) is 15.4 Å². The van der Waals surface area contributed by atoms with Crippen molar-refractivity contribution < 1.29 is 16.8 Å². The van der Waals surface area contributed by atoms with Crippen LogP contribution in [0.2, 0.25) is 0 Å². The predicted molar refractivity (Wildman–Crippen MR) is 113 cm³/mol. The molecular weight excluding hydrogens is 491 g/mol. The maximum atomic E-state index is 11.7. The van der Waals surface area contributed by atoms with E-state index in [0.717, 1.165) is 5.56 Å². The molecule has 26 heavy (non-hydrogen) atoms. The normalized spacial score (nSPS) is 19.6. The third-order valence-corrected chi connectivity index (χ3v) is 7.04. The van der Waals surface area contributed by atoms with E-state index in [1.807, 2.05) is 6.92 Å². The third-order valence-electron chi connectivity index (χ3n) is 3.84. The van der Waals surface area contributed by atoms with Crippen molar-refractivity contribution in [3.8, 4) is 0 Å². The lowest BCUT2D eigenvalue weighted by Gasteiger charge is -2.15. The minimum atomic E-state index is -3.45. The lowest BCUT2D eigenvalue weighted by molar-refractivity contribution is 0.588. The molecule has 148 valence electrons. The number of benzene rings is 1. The molecule has 0 radical (unpaired) electrons. The topological polar surface area (TPSA) is 117 Å². The summed E-state index contributed by atoms with van der Waals surface area (Å²) >= 11 is 0. The Hall–Kier alpha value is -0.920. The highest BCUT2D eigenvalue weighted by Crippen LogP contribution is 2.12. The van der Waals surface area contributed by atoms with E-state index in [-0.39, 0.29) is 46.4 Å². The van der Waals surface area contributed by atoms with Crippen LogP contribution in [-0.4, -0.2) is 53.9 Å². The molecular formula is C15H25IN4O4S2. The van der Waals surface area contributed by atoms with E-state index in [1.165, 1.54) is 19.2 Å². The van der Waals surface area contributed by atoms with Crippen LogP contribution in [-0.2, 0) is 26.4 Å². The highest BCUT2D eigenvalue weighted by atomic mass is 127. The fraction of sp³-hybridized carbons (Fsp3) is 0.533. The smallest absolute Gasteiger partial charge is 0.240 e. The molecule has 3 N–H and O–H groups in total. The molecule has 11 heteroatoms. The van der Waals surface area contributed by atoms with Crippen LogP contribution >= 0.6 is 24.0 Å². The summed E-state index contributed by atoms with van der Waals surface area (Å²) < 4.78 is 48.8. The van der Waals surface area contributed by atoms with Gasteiger partial charge in [0.25, 0.3) is 0 Å². The van der Waals surface area contributed by atoms with E-state index < -0.39 is 19.9 Å². The molecule has 1 fully saturated rings. The summed E-state index contributed by atoms with van der Waals surface area (Å²) in [5, 5.41) is 6.23. The molecule has 2 rings (SSSR count). The SMILES string of the molecule is CCNC(=NCc1ccc(S(=O)(=O)NC)cc1)NC1CCS(=O)(=O)C1.I. The number of hydrogen-bond donors (Lipinski definition) is 3. The second-order valence-electron chi connectivity index (χ2n) is 5.79. The van der Waals surface area contributed by atoms with Gasteiger partial charge < -0.3 is 10.6 Å². The van der Waals surface area contributed by atoms with Crippen molar-refractivity contribution in [1.29, 1.82) is 0 Å². The molecule has 1 aromatic carbocycles. The fourth-order valence-electron chi connectivity index (χ4n) is 2.48. The average Bonchev–Trinajstić information content (AvgIpc) is 2.92. The minimum absolute atomic E-state index is 0. The molecule has 1 heterocycles. The zero-order chi connectivity index (χ0) is 18.5. The average molecular weight is 516 g/mol. The fourth-order valence-corrected chi connectivity index (χ4v) is 4.89. The molecule has 1 aliphatic rings. The van der Waals surface area contributed by atoms with Crippen molar-refractivity contribution in [3.63, 3.8) is 0 Å². The second-order valence-corrected chi connectivity index (χ2v) is 9.91. The number of sulfone groups is 1. The number of nitrogens with one attached hydrogen (secondary N) is 3. The summed E-state index contributed by atoms with van der Waals surface area (Å²) in [4.78, 5) is 4.64. The quantitative estimate of drug-likeness (QED) is 0.287. The van der Waals surface area contributed by atoms with Gasteiger partial charge in [-0.05, 0) is 38.1 Å². The molecule has 1 aromatic rings. The van der Waals surface area contributed by atoms with Crippen LogP contribution in [0.4, 0.5) is 0 Å². The zero-order valence-electron chi connectivity index (χ0n) is 14.7. The Labute approximate surface area is 172 Å². The predicted octanol–water partition coefficient (Wildman–Crippen LogP) is 0.455. The van der Waals surface area contributed by atoms with Crippen molar-refractivity contribution in [2.75, 3.05) is 25.1 Å². The van der Waals surface area contributed by atoms with E-state index >= 15 is 0 Å². The van der Waals surface area contributed by atoms with Gasteiger partial charge in [0.15, 0.2) is 15.8 Å². The maximum absolute atomic E-state index is 11.7. The summed E-state index contributed by atoms with van der Waals surface area (Å²) in [7, 11) is -5.04. The van der Waals surface area contributed by atoms with Crippen LogP contribution in [0, 0.1) is 0 Å². The van der Waals surface area contributed by atoms with Gasteiger partial charge in [0.2, 0.25) is 10.0 Å². The molecule has 0 aliphatic carbocycles. The Morgan fingerprint density at radius 3 is 2.42 bits per heavy atom. The van der Waals surface area contributed by atoms with Crippen molar-refractivity contribution in [2.24, 2.45) is 4.99 Å². The van der Waals surface area contributed by atoms with E-state index in [1.54, 1.807) is 12.1 Å². The largest absolute Gasteiger partial charge is 0.357 e. The van der Waals surface area contributed by atoms with Gasteiger partial charge in [0, 0.05) is 12.6 Å². The molecule has 0 spiro atoms. The summed E-state index contributed by atoms with van der Waals surface area (Å²) in [6.07, 6.45) is 0.573. The molecule has 1 saturated heterocycles. The first-order chi connectivity index (χ1) is 11.8. The highest BCUT2D eigenvalue weighted by Gasteiger charge is 2.28. The van der Waals surface area contributed by atoms with Crippen LogP contribution in [0.5, 0.6) is 0 Å². The Kier molecular flexibility index (Phi) is 8.76. The van der Waals surface area contributed by atoms with E-state index in [2.05, 4.69) is 20.3 Å². The first kappa shape index (κ1) is 23.1. The van der Waals surface area contributed by atoms with Crippen molar-refractivity contribution >= 4 is 49.8 Å². The molecule has 0 amide bonds. The number of nitrogens with zero attached hydrogens (tertiary/aromatic N) is 1. The standard InChI is InChI=1S/C15H24N4O4S2.HI/c1-3-17-15(19-13-8-9-24(20,21)11-13)18-10-12-4-6-14(7-5-12)25(22,23)16-2;/h4-7,13,16H,3,8-11H2,1-2H3,(H2,17,18,19);1H. The Morgan fingerprint density at radius 2 is 1.92 bits per heavy atom. The molecule has 0 bridgehead atoms. The maximum Gasteiger partial charge on any atom is 0.240 e. The van der Waals surface area contributed by atoms with Gasteiger partial charge in [-0.1, -0.05) is 12.1 Å². The van der Waals surface area contributed by atoms with E-state index in [9.17, 15) is 16.8 Å². The number of rotatable bonds is 6. The van der Waals surface area contributed by atoms with Crippen LogP contribution < -0.4 is 15.4 Å². The van der Waals surface area contributed by atoms with Crippen molar-refractivity contribution in [2.45, 2.75) is 30.8 Å². The summed E-state index contributed by atoms with van der Waals surface area (Å²) in [5.41, 5.74) is 0.853. The van der Waals surface area contributed by atoms with Crippen molar-refractivity contribution in [3.05, 3.63) is 29.8 Å².